The van der Waals surface area contributed by atoms with E-state index in [2.05, 4.69) is 15.9 Å². The minimum atomic E-state index is -0.256. The normalized spacial score (nSPS) is 10.7. The maximum Gasteiger partial charge on any atom is 0.331 e. The summed E-state index contributed by atoms with van der Waals surface area (Å²) in [7, 11) is 1.86. The lowest BCUT2D eigenvalue weighted by Crippen LogP contribution is -2.41. The number of benzene rings is 1. The monoisotopic (exact) mass is 365 g/mol. The fourth-order valence-electron chi connectivity index (χ4n) is 2.37. The van der Waals surface area contributed by atoms with Gasteiger partial charge < -0.3 is 4.90 Å². The summed E-state index contributed by atoms with van der Waals surface area (Å²) in [6.45, 7) is 5.19. The summed E-state index contributed by atoms with van der Waals surface area (Å²) < 4.78 is 3.84. The standard InChI is InChI=1S/C16H20BrN3O2/c1-4-19-11-14(15(21)20(5-2)16(19)22)18(3)10-12-8-6-7-9-13(12)17/h6-9,11H,4-5,10H2,1-3H3. The van der Waals surface area contributed by atoms with Crippen molar-refractivity contribution in [1.29, 1.82) is 0 Å². The van der Waals surface area contributed by atoms with E-state index in [0.29, 0.717) is 25.3 Å². The summed E-state index contributed by atoms with van der Waals surface area (Å²) in [5, 5.41) is 0. The number of hydrogen-bond acceptors (Lipinski definition) is 3. The van der Waals surface area contributed by atoms with Gasteiger partial charge in [-0.2, -0.15) is 0 Å². The van der Waals surface area contributed by atoms with Crippen LogP contribution in [0.1, 0.15) is 19.4 Å². The molecule has 0 amide bonds. The average Bonchev–Trinajstić information content (AvgIpc) is 2.50. The zero-order valence-corrected chi connectivity index (χ0v) is 14.6. The number of aromatic nitrogens is 2. The van der Waals surface area contributed by atoms with Crippen LogP contribution in [-0.2, 0) is 19.6 Å². The maximum absolute atomic E-state index is 12.5. The first kappa shape index (κ1) is 16.5. The predicted octanol–water partition coefficient (Wildman–Crippen LogP) is 2.45. The smallest absolute Gasteiger partial charge is 0.331 e. The number of hydrogen-bond donors (Lipinski definition) is 0. The van der Waals surface area contributed by atoms with Gasteiger partial charge in [-0.15, -0.1) is 0 Å². The van der Waals surface area contributed by atoms with E-state index in [1.165, 1.54) is 4.57 Å². The van der Waals surface area contributed by atoms with E-state index in [1.54, 1.807) is 17.7 Å². The lowest BCUT2D eigenvalue weighted by Gasteiger charge is -2.21. The molecule has 0 N–H and O–H groups in total. The highest BCUT2D eigenvalue weighted by Crippen LogP contribution is 2.19. The Labute approximate surface area is 137 Å². The lowest BCUT2D eigenvalue weighted by atomic mass is 10.2. The van der Waals surface area contributed by atoms with Crippen molar-refractivity contribution >= 4 is 21.6 Å². The van der Waals surface area contributed by atoms with Crippen molar-refractivity contribution in [2.24, 2.45) is 0 Å². The highest BCUT2D eigenvalue weighted by Gasteiger charge is 2.14. The molecule has 0 saturated carbocycles. The van der Waals surface area contributed by atoms with Gasteiger partial charge in [-0.1, -0.05) is 34.1 Å². The van der Waals surface area contributed by atoms with Crippen LogP contribution in [0.4, 0.5) is 5.69 Å². The SMILES string of the molecule is CCn1cc(N(C)Cc2ccccc2Br)c(=O)n(CC)c1=O. The Balaban J connectivity index is 2.46. The van der Waals surface area contributed by atoms with E-state index < -0.39 is 0 Å². The van der Waals surface area contributed by atoms with Crippen LogP contribution in [-0.4, -0.2) is 16.2 Å². The van der Waals surface area contributed by atoms with Gasteiger partial charge in [0.2, 0.25) is 0 Å². The largest absolute Gasteiger partial charge is 0.365 e. The van der Waals surface area contributed by atoms with Gasteiger partial charge in [0, 0.05) is 37.4 Å². The molecule has 118 valence electrons. The van der Waals surface area contributed by atoms with Crippen LogP contribution in [0.25, 0.3) is 0 Å². The van der Waals surface area contributed by atoms with Crippen molar-refractivity contribution in [2.75, 3.05) is 11.9 Å². The summed E-state index contributed by atoms with van der Waals surface area (Å²) in [6, 6.07) is 7.90. The van der Waals surface area contributed by atoms with Gasteiger partial charge in [-0.25, -0.2) is 4.79 Å². The molecule has 0 aliphatic rings. The second-order valence-corrected chi connectivity index (χ2v) is 5.93. The number of anilines is 1. The number of nitrogens with zero attached hydrogens (tertiary/aromatic N) is 3. The first-order chi connectivity index (χ1) is 10.5. The molecule has 1 heterocycles. The van der Waals surface area contributed by atoms with Gasteiger partial charge in [-0.05, 0) is 25.5 Å². The Bertz CT molecular complexity index is 780. The molecule has 2 rings (SSSR count). The Morgan fingerprint density at radius 1 is 1.14 bits per heavy atom. The molecule has 0 unspecified atom stereocenters. The summed E-state index contributed by atoms with van der Waals surface area (Å²) in [6.07, 6.45) is 1.65. The van der Waals surface area contributed by atoms with Crippen molar-refractivity contribution < 1.29 is 0 Å². The van der Waals surface area contributed by atoms with E-state index in [9.17, 15) is 9.59 Å². The average molecular weight is 366 g/mol. The molecule has 0 aliphatic carbocycles. The Morgan fingerprint density at radius 3 is 2.41 bits per heavy atom. The van der Waals surface area contributed by atoms with Gasteiger partial charge in [0.25, 0.3) is 5.56 Å². The van der Waals surface area contributed by atoms with E-state index in [1.807, 2.05) is 43.1 Å². The van der Waals surface area contributed by atoms with Crippen LogP contribution >= 0.6 is 15.9 Å². The topological polar surface area (TPSA) is 47.2 Å². The third kappa shape index (κ3) is 3.16. The van der Waals surface area contributed by atoms with Crippen molar-refractivity contribution in [3.8, 4) is 0 Å². The summed E-state index contributed by atoms with van der Waals surface area (Å²) in [5.41, 5.74) is 1.11. The molecule has 1 aromatic heterocycles. The second-order valence-electron chi connectivity index (χ2n) is 5.08. The van der Waals surface area contributed by atoms with Crippen LogP contribution in [0.2, 0.25) is 0 Å². The molecule has 0 bridgehead atoms. The quantitative estimate of drug-likeness (QED) is 0.817. The van der Waals surface area contributed by atoms with Gasteiger partial charge in [0.05, 0.1) is 0 Å². The van der Waals surface area contributed by atoms with E-state index in [-0.39, 0.29) is 11.2 Å². The van der Waals surface area contributed by atoms with Crippen LogP contribution in [0.5, 0.6) is 0 Å². The van der Waals surface area contributed by atoms with E-state index in [0.717, 1.165) is 10.0 Å². The van der Waals surface area contributed by atoms with E-state index >= 15 is 0 Å². The molecular formula is C16H20BrN3O2. The molecule has 2 aromatic rings. The maximum atomic E-state index is 12.5. The minimum absolute atomic E-state index is 0.244. The molecule has 6 heteroatoms. The molecule has 1 aromatic carbocycles. The van der Waals surface area contributed by atoms with Gasteiger partial charge in [0.1, 0.15) is 5.69 Å². The van der Waals surface area contributed by atoms with Crippen LogP contribution in [0.15, 0.2) is 44.5 Å². The van der Waals surface area contributed by atoms with Crippen LogP contribution < -0.4 is 16.1 Å². The minimum Gasteiger partial charge on any atom is -0.365 e. The van der Waals surface area contributed by atoms with Crippen LogP contribution in [0, 0.1) is 0 Å². The molecule has 22 heavy (non-hydrogen) atoms. The number of rotatable bonds is 5. The molecule has 0 fully saturated rings. The summed E-state index contributed by atoms with van der Waals surface area (Å²) >= 11 is 3.52. The predicted molar refractivity (Wildman–Crippen MR) is 92.6 cm³/mol. The molecule has 0 saturated heterocycles. The summed E-state index contributed by atoms with van der Waals surface area (Å²) in [5.74, 6) is 0. The number of aryl methyl sites for hydroxylation is 1. The van der Waals surface area contributed by atoms with Gasteiger partial charge >= 0.3 is 5.69 Å². The summed E-state index contributed by atoms with van der Waals surface area (Å²) in [4.78, 5) is 26.5. The highest BCUT2D eigenvalue weighted by molar-refractivity contribution is 9.10. The van der Waals surface area contributed by atoms with Crippen molar-refractivity contribution in [3.05, 3.63) is 61.3 Å². The molecule has 0 atom stereocenters. The molecule has 0 radical (unpaired) electrons. The van der Waals surface area contributed by atoms with Crippen molar-refractivity contribution in [1.82, 2.24) is 9.13 Å². The zero-order chi connectivity index (χ0) is 16.3. The Hall–Kier alpha value is -1.82. The molecule has 0 spiro atoms. The first-order valence-corrected chi connectivity index (χ1v) is 8.07. The molecule has 5 nitrogen and oxygen atoms in total. The van der Waals surface area contributed by atoms with Crippen LogP contribution in [0.3, 0.4) is 0 Å². The lowest BCUT2D eigenvalue weighted by molar-refractivity contribution is 0.585. The third-order valence-electron chi connectivity index (χ3n) is 3.65. The van der Waals surface area contributed by atoms with Crippen molar-refractivity contribution in [3.63, 3.8) is 0 Å². The molecule has 0 aliphatic heterocycles. The second kappa shape index (κ2) is 6.96. The zero-order valence-electron chi connectivity index (χ0n) is 13.0. The fourth-order valence-corrected chi connectivity index (χ4v) is 2.78. The van der Waals surface area contributed by atoms with Gasteiger partial charge in [-0.3, -0.25) is 13.9 Å². The third-order valence-corrected chi connectivity index (χ3v) is 4.43. The van der Waals surface area contributed by atoms with Crippen molar-refractivity contribution in [2.45, 2.75) is 33.5 Å². The fraction of sp³-hybridized carbons (Fsp3) is 0.375. The Morgan fingerprint density at radius 2 is 1.82 bits per heavy atom. The Kier molecular flexibility index (Phi) is 5.24. The van der Waals surface area contributed by atoms with Gasteiger partial charge in [0.15, 0.2) is 0 Å². The molecular weight excluding hydrogens is 346 g/mol. The number of halogens is 1. The first-order valence-electron chi connectivity index (χ1n) is 7.28. The highest BCUT2D eigenvalue weighted by atomic mass is 79.9. The van der Waals surface area contributed by atoms with E-state index in [4.69, 9.17) is 0 Å².